The lowest BCUT2D eigenvalue weighted by atomic mass is 9.95. The van der Waals surface area contributed by atoms with E-state index in [1.165, 1.54) is 11.3 Å². The number of benzene rings is 3. The first-order valence-corrected chi connectivity index (χ1v) is 21.9. The van der Waals surface area contributed by atoms with Crippen LogP contribution in [-0.2, 0) is 50.6 Å². The van der Waals surface area contributed by atoms with E-state index in [0.29, 0.717) is 34.8 Å². The maximum Gasteiger partial charge on any atom is 0.335 e. The van der Waals surface area contributed by atoms with Gasteiger partial charge >= 0.3 is 13.6 Å². The molecule has 0 radical (unpaired) electrons. The zero-order valence-electron chi connectivity index (χ0n) is 32.6. The molecule has 0 atom stereocenters. The van der Waals surface area contributed by atoms with Gasteiger partial charge in [-0.15, -0.1) is 11.3 Å². The molecule has 0 bridgehead atoms. The highest BCUT2D eigenvalue weighted by Gasteiger charge is 2.28. The molecule has 1 aliphatic rings. The molecule has 1 heterocycles. The summed E-state index contributed by atoms with van der Waals surface area (Å²) in [4.78, 5) is 55.0. The van der Waals surface area contributed by atoms with Crippen LogP contribution in [0, 0.1) is 0 Å². The zero-order valence-corrected chi connectivity index (χ0v) is 34.3. The summed E-state index contributed by atoms with van der Waals surface area (Å²) in [5.74, 6) is -1.65. The minimum atomic E-state index is -3.24. The Morgan fingerprint density at radius 2 is 1.46 bits per heavy atom. The molecule has 0 unspecified atom stereocenters. The zero-order chi connectivity index (χ0) is 40.2. The van der Waals surface area contributed by atoms with Gasteiger partial charge in [0, 0.05) is 35.1 Å². The third kappa shape index (κ3) is 11.5. The fraction of sp³-hybridized carbons (Fsp3) is 0.395. The van der Waals surface area contributed by atoms with Crippen LogP contribution in [0.1, 0.15) is 112 Å². The molecule has 298 valence electrons. The number of carbonyl (C=O) groups excluding carboxylic acids is 3. The summed E-state index contributed by atoms with van der Waals surface area (Å²) >= 11 is 1.45. The Balaban J connectivity index is 1.23. The van der Waals surface area contributed by atoms with Gasteiger partial charge in [-0.25, -0.2) is 4.79 Å². The number of nitrogens with one attached hydrogen (secondary N) is 2. The van der Waals surface area contributed by atoms with Gasteiger partial charge in [0.05, 0.1) is 30.5 Å². The molecule has 0 saturated heterocycles. The summed E-state index contributed by atoms with van der Waals surface area (Å²) in [5.41, 5.74) is 5.72. The highest BCUT2D eigenvalue weighted by molar-refractivity contribution is 7.53. The van der Waals surface area contributed by atoms with Crippen molar-refractivity contribution in [2.45, 2.75) is 91.6 Å². The number of hydrogen-bond donors (Lipinski definition) is 3. The molecule has 0 fully saturated rings. The molecule has 1 aliphatic carbocycles. The Hall–Kier alpha value is -4.61. The summed E-state index contributed by atoms with van der Waals surface area (Å²) in [6, 6.07) is 21.6. The van der Waals surface area contributed by atoms with Crippen molar-refractivity contribution in [2.24, 2.45) is 0 Å². The Labute approximate surface area is 333 Å². The second kappa shape index (κ2) is 20.0. The molecule has 0 saturated carbocycles. The second-order valence-corrected chi connectivity index (χ2v) is 17.4. The van der Waals surface area contributed by atoms with Crippen LogP contribution in [0.15, 0.2) is 72.8 Å². The van der Waals surface area contributed by atoms with E-state index in [1.807, 2.05) is 56.3 Å². The first-order chi connectivity index (χ1) is 26.9. The molecule has 3 N–H and O–H groups in total. The van der Waals surface area contributed by atoms with Crippen molar-refractivity contribution in [2.75, 3.05) is 30.0 Å². The van der Waals surface area contributed by atoms with Crippen LogP contribution in [0.5, 0.6) is 0 Å². The minimum Gasteiger partial charge on any atom is -0.478 e. The van der Waals surface area contributed by atoms with E-state index < -0.39 is 13.6 Å². The van der Waals surface area contributed by atoms with Gasteiger partial charge in [-0.3, -0.25) is 18.9 Å². The quantitative estimate of drug-likeness (QED) is 0.0794. The number of carboxylic acids is 1. The van der Waals surface area contributed by atoms with E-state index in [4.69, 9.17) is 14.2 Å². The molecule has 56 heavy (non-hydrogen) atoms. The maximum atomic E-state index is 13.9. The number of amides is 3. The lowest BCUT2D eigenvalue weighted by Crippen LogP contribution is -2.36. The van der Waals surface area contributed by atoms with Gasteiger partial charge < -0.3 is 29.7 Å². The van der Waals surface area contributed by atoms with Crippen LogP contribution in [0.25, 0.3) is 0 Å². The molecule has 4 aromatic rings. The summed E-state index contributed by atoms with van der Waals surface area (Å²) in [7, 11) is -3.24. The number of carboxylic acid groups (broad SMARTS) is 1. The van der Waals surface area contributed by atoms with Crippen molar-refractivity contribution >= 4 is 53.3 Å². The van der Waals surface area contributed by atoms with Gasteiger partial charge in [0.1, 0.15) is 5.00 Å². The fourth-order valence-corrected chi connectivity index (χ4v) is 9.76. The maximum absolute atomic E-state index is 13.9. The monoisotopic (exact) mass is 801 g/mol. The van der Waals surface area contributed by atoms with Crippen molar-refractivity contribution in [1.29, 1.82) is 0 Å². The first-order valence-electron chi connectivity index (χ1n) is 19.3. The Bertz CT molecular complexity index is 2030. The van der Waals surface area contributed by atoms with Gasteiger partial charge in [0.2, 0.25) is 5.91 Å². The Morgan fingerprint density at radius 3 is 2.09 bits per heavy atom. The number of fused-ring (bicyclic) bond motifs is 1. The molecule has 3 amide bonds. The predicted molar refractivity (Wildman–Crippen MR) is 221 cm³/mol. The first kappa shape index (κ1) is 42.5. The number of thiophene rings is 1. The van der Waals surface area contributed by atoms with Crippen molar-refractivity contribution in [3.63, 3.8) is 0 Å². The van der Waals surface area contributed by atoms with E-state index in [-0.39, 0.29) is 55.1 Å². The molecule has 3 aromatic carbocycles. The van der Waals surface area contributed by atoms with Gasteiger partial charge in [0.25, 0.3) is 11.8 Å². The predicted octanol–water partition coefficient (Wildman–Crippen LogP) is 9.40. The van der Waals surface area contributed by atoms with E-state index >= 15 is 0 Å². The number of aromatic carboxylic acids is 1. The highest BCUT2D eigenvalue weighted by atomic mass is 32.1. The van der Waals surface area contributed by atoms with Crippen LogP contribution < -0.4 is 10.6 Å². The summed E-state index contributed by atoms with van der Waals surface area (Å²) < 4.78 is 23.6. The van der Waals surface area contributed by atoms with Crippen molar-refractivity contribution in [3.8, 4) is 0 Å². The summed E-state index contributed by atoms with van der Waals surface area (Å²) in [5, 5.41) is 15.7. The smallest absolute Gasteiger partial charge is 0.335 e. The van der Waals surface area contributed by atoms with Gasteiger partial charge in [-0.1, -0.05) is 36.4 Å². The van der Waals surface area contributed by atoms with Crippen molar-refractivity contribution in [3.05, 3.63) is 117 Å². The van der Waals surface area contributed by atoms with E-state index in [9.17, 15) is 23.7 Å². The molecule has 0 aliphatic heterocycles. The third-order valence-corrected chi connectivity index (χ3v) is 13.1. The third-order valence-electron chi connectivity index (χ3n) is 9.70. The lowest BCUT2D eigenvalue weighted by molar-refractivity contribution is -0.133. The SMILES string of the molecule is CCOP(=O)(CCCC(=O)N(Cc1cccc(C(=O)Nc2sc3c(c2C(=O)Nc2ccc(CCc4ccc(C(=O)O)cc4)cc2)CCCC3)c1)C(C)C)OCC. The van der Waals surface area contributed by atoms with Gasteiger partial charge in [-0.05, 0) is 131 Å². The van der Waals surface area contributed by atoms with Crippen LogP contribution >= 0.6 is 18.9 Å². The number of nitrogens with zero attached hydrogens (tertiary/aromatic N) is 1. The van der Waals surface area contributed by atoms with Crippen molar-refractivity contribution < 1.29 is 37.9 Å². The Kier molecular flexibility index (Phi) is 15.2. The largest absolute Gasteiger partial charge is 0.478 e. The lowest BCUT2D eigenvalue weighted by Gasteiger charge is -2.27. The second-order valence-electron chi connectivity index (χ2n) is 14.1. The summed E-state index contributed by atoms with van der Waals surface area (Å²) in [6.07, 6.45) is 5.84. The number of rotatable bonds is 19. The van der Waals surface area contributed by atoms with E-state index in [2.05, 4.69) is 10.6 Å². The van der Waals surface area contributed by atoms with Gasteiger partial charge in [0.15, 0.2) is 0 Å². The van der Waals surface area contributed by atoms with Crippen LogP contribution in [0.2, 0.25) is 0 Å². The van der Waals surface area contributed by atoms with Crippen LogP contribution in [0.3, 0.4) is 0 Å². The van der Waals surface area contributed by atoms with Gasteiger partial charge in [-0.2, -0.15) is 0 Å². The molecular formula is C43H52N3O8PS. The van der Waals surface area contributed by atoms with E-state index in [1.54, 1.807) is 49.1 Å². The highest BCUT2D eigenvalue weighted by Crippen LogP contribution is 2.48. The number of hydrogen-bond acceptors (Lipinski definition) is 8. The number of aryl methyl sites for hydroxylation is 3. The molecule has 1 aromatic heterocycles. The minimum absolute atomic E-state index is 0.0892. The Morgan fingerprint density at radius 1 is 0.821 bits per heavy atom. The number of anilines is 2. The molecule has 11 nitrogen and oxygen atoms in total. The standard InChI is InChI=1S/C43H52N3O8PS/c1-5-53-55(52,54-6-2)26-10-15-38(47)46(29(3)4)28-32-11-9-12-34(27-32)40(48)45-42-39(36-13-7-8-14-37(36)56-42)41(49)44-35-24-20-31(21-25-35)17-16-30-18-22-33(23-19-30)43(50)51/h9,11-12,18-25,27,29H,5-8,10,13-17,26,28H2,1-4H3,(H,44,49)(H,45,48)(H,50,51). The summed E-state index contributed by atoms with van der Waals surface area (Å²) in [6.45, 7) is 8.23. The molecule has 0 spiro atoms. The average molecular weight is 802 g/mol. The van der Waals surface area contributed by atoms with Crippen LogP contribution in [-0.4, -0.2) is 59.1 Å². The fourth-order valence-electron chi connectivity index (χ4n) is 6.81. The molecule has 5 rings (SSSR count). The molecular weight excluding hydrogens is 750 g/mol. The van der Waals surface area contributed by atoms with Crippen molar-refractivity contribution in [1.82, 2.24) is 4.90 Å². The topological polar surface area (TPSA) is 151 Å². The normalized spacial score (nSPS) is 12.6. The van der Waals surface area contributed by atoms with Crippen LogP contribution in [0.4, 0.5) is 10.7 Å². The number of carbonyl (C=O) groups is 4. The van der Waals surface area contributed by atoms with E-state index in [0.717, 1.165) is 65.7 Å². The average Bonchev–Trinajstić information content (AvgIpc) is 3.54. The molecule has 13 heteroatoms.